The fraction of sp³-hybridized carbons (Fsp3) is 0.471. The summed E-state index contributed by atoms with van der Waals surface area (Å²) >= 11 is 0. The lowest BCUT2D eigenvalue weighted by Crippen LogP contribution is -2.36. The fourth-order valence-electron chi connectivity index (χ4n) is 1.47. The third-order valence-corrected chi connectivity index (χ3v) is 3.43. The Morgan fingerprint density at radius 3 is 1.70 bits per heavy atom. The van der Waals surface area contributed by atoms with Gasteiger partial charge in [-0.2, -0.15) is 0 Å². The number of nitrogens with two attached hydrogens (primary N) is 3. The first-order chi connectivity index (χ1) is 12.5. The highest BCUT2D eigenvalue weighted by molar-refractivity contribution is 5.73. The van der Waals surface area contributed by atoms with Gasteiger partial charge in [0.15, 0.2) is 0 Å². The number of hydrogen-bond donors (Lipinski definition) is 7. The number of phenols is 1. The normalized spacial score (nSPS) is 12.9. The SMILES string of the molecule is CC[C@H](C)[C@H](N)C(=O)O.NCC(=O)O.N[C@@H](Cc1ccc(O)cc1)C(=O)O. The van der Waals surface area contributed by atoms with Crippen molar-refractivity contribution in [3.05, 3.63) is 29.8 Å². The maximum Gasteiger partial charge on any atom is 0.320 e. The van der Waals surface area contributed by atoms with E-state index in [4.69, 9.17) is 31.9 Å². The van der Waals surface area contributed by atoms with Crippen molar-refractivity contribution in [3.63, 3.8) is 0 Å². The highest BCUT2D eigenvalue weighted by Gasteiger charge is 2.17. The Bertz CT molecular complexity index is 578. The summed E-state index contributed by atoms with van der Waals surface area (Å²) in [7, 11) is 0. The average molecular weight is 387 g/mol. The molecule has 0 fully saturated rings. The van der Waals surface area contributed by atoms with E-state index < -0.39 is 30.0 Å². The predicted octanol–water partition coefficient (Wildman–Crippen LogP) is -0.179. The summed E-state index contributed by atoms with van der Waals surface area (Å²) in [5, 5.41) is 33.4. The van der Waals surface area contributed by atoms with Gasteiger partial charge in [0.2, 0.25) is 0 Å². The number of aliphatic carboxylic acids is 3. The van der Waals surface area contributed by atoms with Crippen molar-refractivity contribution in [3.8, 4) is 5.75 Å². The fourth-order valence-corrected chi connectivity index (χ4v) is 1.47. The van der Waals surface area contributed by atoms with Crippen LogP contribution in [0.3, 0.4) is 0 Å². The van der Waals surface area contributed by atoms with Crippen molar-refractivity contribution in [2.45, 2.75) is 38.8 Å². The van der Waals surface area contributed by atoms with Crippen LogP contribution in [0.15, 0.2) is 24.3 Å². The van der Waals surface area contributed by atoms with E-state index in [1.54, 1.807) is 12.1 Å². The molecule has 1 rings (SSSR count). The van der Waals surface area contributed by atoms with E-state index in [1.165, 1.54) is 12.1 Å². The van der Waals surface area contributed by atoms with E-state index in [9.17, 15) is 14.4 Å². The van der Waals surface area contributed by atoms with Crippen molar-refractivity contribution < 1.29 is 34.8 Å². The number of rotatable bonds is 7. The third kappa shape index (κ3) is 14.2. The van der Waals surface area contributed by atoms with Crippen LogP contribution in [0.25, 0.3) is 0 Å². The van der Waals surface area contributed by atoms with Crippen molar-refractivity contribution >= 4 is 17.9 Å². The first kappa shape index (κ1) is 26.5. The van der Waals surface area contributed by atoms with Gasteiger partial charge in [-0.25, -0.2) is 0 Å². The minimum absolute atomic E-state index is 0.0718. The second-order valence-corrected chi connectivity index (χ2v) is 5.66. The summed E-state index contributed by atoms with van der Waals surface area (Å²) in [6, 6.07) is 4.73. The third-order valence-electron chi connectivity index (χ3n) is 3.43. The van der Waals surface area contributed by atoms with Gasteiger partial charge in [-0.3, -0.25) is 14.4 Å². The van der Waals surface area contributed by atoms with E-state index in [2.05, 4.69) is 5.73 Å². The molecule has 0 unspecified atom stereocenters. The topological polar surface area (TPSA) is 210 Å². The molecule has 10 nitrogen and oxygen atoms in total. The van der Waals surface area contributed by atoms with Gasteiger partial charge in [0.1, 0.15) is 17.8 Å². The van der Waals surface area contributed by atoms with Gasteiger partial charge in [-0.1, -0.05) is 32.4 Å². The monoisotopic (exact) mass is 387 g/mol. The quantitative estimate of drug-likeness (QED) is 0.328. The second-order valence-electron chi connectivity index (χ2n) is 5.66. The molecule has 10 heteroatoms. The van der Waals surface area contributed by atoms with Crippen LogP contribution in [-0.4, -0.2) is 57.0 Å². The summed E-state index contributed by atoms with van der Waals surface area (Å²) in [5.41, 5.74) is 16.0. The van der Waals surface area contributed by atoms with Crippen LogP contribution < -0.4 is 17.2 Å². The van der Waals surface area contributed by atoms with Gasteiger partial charge in [-0.15, -0.1) is 0 Å². The van der Waals surface area contributed by atoms with Crippen LogP contribution >= 0.6 is 0 Å². The average Bonchev–Trinajstić information content (AvgIpc) is 2.63. The molecular weight excluding hydrogens is 358 g/mol. The Balaban J connectivity index is 0. The molecule has 1 aromatic rings. The number of hydrogen-bond acceptors (Lipinski definition) is 7. The molecule has 0 aliphatic heterocycles. The summed E-state index contributed by atoms with van der Waals surface area (Å²) in [5.74, 6) is -2.67. The predicted molar refractivity (Wildman–Crippen MR) is 99.2 cm³/mol. The van der Waals surface area contributed by atoms with Gasteiger partial charge in [0.05, 0.1) is 6.54 Å². The van der Waals surface area contributed by atoms with Crippen molar-refractivity contribution in [1.82, 2.24) is 0 Å². The van der Waals surface area contributed by atoms with Crippen LogP contribution in [-0.2, 0) is 20.8 Å². The molecule has 0 spiro atoms. The zero-order valence-corrected chi connectivity index (χ0v) is 15.4. The summed E-state index contributed by atoms with van der Waals surface area (Å²) in [6.07, 6.45) is 1.09. The maximum absolute atomic E-state index is 10.4. The first-order valence-corrected chi connectivity index (χ1v) is 8.12. The zero-order valence-electron chi connectivity index (χ0n) is 15.4. The van der Waals surface area contributed by atoms with Crippen LogP contribution in [0.1, 0.15) is 25.8 Å². The number of phenolic OH excluding ortho intramolecular Hbond substituents is 1. The maximum atomic E-state index is 10.4. The van der Waals surface area contributed by atoms with Gasteiger partial charge in [0, 0.05) is 0 Å². The van der Waals surface area contributed by atoms with Gasteiger partial charge in [0.25, 0.3) is 0 Å². The number of carboxylic acids is 3. The molecule has 0 heterocycles. The van der Waals surface area contributed by atoms with Crippen molar-refractivity contribution in [1.29, 1.82) is 0 Å². The van der Waals surface area contributed by atoms with E-state index >= 15 is 0 Å². The molecule has 10 N–H and O–H groups in total. The summed E-state index contributed by atoms with van der Waals surface area (Å²) < 4.78 is 0. The smallest absolute Gasteiger partial charge is 0.320 e. The van der Waals surface area contributed by atoms with Gasteiger partial charge < -0.3 is 37.6 Å². The van der Waals surface area contributed by atoms with E-state index in [0.29, 0.717) is 0 Å². The van der Waals surface area contributed by atoms with E-state index in [0.717, 1.165) is 12.0 Å². The molecule has 27 heavy (non-hydrogen) atoms. The van der Waals surface area contributed by atoms with Gasteiger partial charge >= 0.3 is 17.9 Å². The lowest BCUT2D eigenvalue weighted by Gasteiger charge is -2.11. The van der Waals surface area contributed by atoms with Crippen molar-refractivity contribution in [2.75, 3.05) is 6.54 Å². The summed E-state index contributed by atoms with van der Waals surface area (Å²) in [6.45, 7) is 3.48. The number of aromatic hydroxyl groups is 1. The van der Waals surface area contributed by atoms with Crippen LogP contribution in [0.5, 0.6) is 5.75 Å². The van der Waals surface area contributed by atoms with E-state index in [-0.39, 0.29) is 24.6 Å². The molecule has 0 bridgehead atoms. The molecule has 1 aromatic carbocycles. The molecule has 0 saturated heterocycles. The Morgan fingerprint density at radius 2 is 1.44 bits per heavy atom. The van der Waals surface area contributed by atoms with Crippen LogP contribution in [0, 0.1) is 5.92 Å². The minimum Gasteiger partial charge on any atom is -0.508 e. The Labute approximate surface area is 157 Å². The molecule has 0 radical (unpaired) electrons. The molecular formula is C17H29N3O7. The number of benzene rings is 1. The number of carboxylic acid groups (broad SMARTS) is 3. The lowest BCUT2D eigenvalue weighted by atomic mass is 10.0. The summed E-state index contributed by atoms with van der Waals surface area (Å²) in [4.78, 5) is 29.8. The molecule has 0 aliphatic rings. The van der Waals surface area contributed by atoms with Crippen LogP contribution in [0.2, 0.25) is 0 Å². The van der Waals surface area contributed by atoms with Gasteiger partial charge in [-0.05, 0) is 30.0 Å². The molecule has 3 atom stereocenters. The highest BCUT2D eigenvalue weighted by atomic mass is 16.4. The van der Waals surface area contributed by atoms with E-state index in [1.807, 2.05) is 13.8 Å². The minimum atomic E-state index is -1.02. The van der Waals surface area contributed by atoms with Crippen LogP contribution in [0.4, 0.5) is 0 Å². The zero-order chi connectivity index (χ0) is 21.6. The second kappa shape index (κ2) is 14.5. The van der Waals surface area contributed by atoms with Crippen molar-refractivity contribution in [2.24, 2.45) is 23.1 Å². The number of carbonyl (C=O) groups is 3. The molecule has 0 saturated carbocycles. The standard InChI is InChI=1S/C9H11NO3.C6H13NO2.C2H5NO2/c10-8(9(12)13)5-6-1-3-7(11)4-2-6;1-3-4(2)5(7)6(8)9;3-1-2(4)5/h1-4,8,11H,5,10H2,(H,12,13);4-5H,3,7H2,1-2H3,(H,8,9);1,3H2,(H,4,5)/t8-;4-,5-;/m00./s1. The highest BCUT2D eigenvalue weighted by Crippen LogP contribution is 2.10. The Hall–Kier alpha value is -2.69. The first-order valence-electron chi connectivity index (χ1n) is 8.12. The molecule has 154 valence electrons. The molecule has 0 amide bonds. The molecule has 0 aliphatic carbocycles. The largest absolute Gasteiger partial charge is 0.508 e. The Morgan fingerprint density at radius 1 is 1.00 bits per heavy atom. The lowest BCUT2D eigenvalue weighted by molar-refractivity contribution is -0.140. The Kier molecular flexibility index (Phi) is 14.2. The molecule has 0 aromatic heterocycles.